The Kier molecular flexibility index (Phi) is 7.57. The Balaban J connectivity index is 0.000000429. The molecule has 0 fully saturated rings. The average molecular weight is 543 g/mol. The lowest BCUT2D eigenvalue weighted by molar-refractivity contribution is -0.192. The minimum absolute atomic E-state index is 0.136. The van der Waals surface area contributed by atoms with Crippen LogP contribution >= 0.6 is 23.1 Å². The average Bonchev–Trinajstić information content (AvgIpc) is 3.46. The summed E-state index contributed by atoms with van der Waals surface area (Å²) in [7, 11) is -3.74. The quantitative estimate of drug-likeness (QED) is 0.161. The lowest BCUT2D eigenvalue weighted by Crippen LogP contribution is -2.21. The molecule has 0 aliphatic heterocycles. The van der Waals surface area contributed by atoms with Gasteiger partial charge in [-0.05, 0) is 47.7 Å². The number of hydrogen-bond donors (Lipinski definition) is 4. The number of carbonyl (C=O) groups is 1. The number of aliphatic carboxylic acids is 1. The van der Waals surface area contributed by atoms with Crippen LogP contribution in [0.3, 0.4) is 0 Å². The van der Waals surface area contributed by atoms with Crippen LogP contribution in [0.15, 0.2) is 68.9 Å². The summed E-state index contributed by atoms with van der Waals surface area (Å²) in [6, 6.07) is 14.1. The lowest BCUT2D eigenvalue weighted by atomic mass is 10.1. The summed E-state index contributed by atoms with van der Waals surface area (Å²) in [4.78, 5) is 17.0. The summed E-state index contributed by atoms with van der Waals surface area (Å²) in [6.45, 7) is 0. The molecular formula is C21H17F3N4O4S3. The number of aromatic nitrogens is 2. The second kappa shape index (κ2) is 10.1. The van der Waals surface area contributed by atoms with E-state index in [0.717, 1.165) is 22.2 Å². The summed E-state index contributed by atoms with van der Waals surface area (Å²) < 4.78 is 58.9. The number of carboxylic acid groups (broad SMARTS) is 1. The monoisotopic (exact) mass is 542 g/mol. The number of nitrogens with zero attached hydrogens (tertiary/aromatic N) is 1. The molecule has 0 radical (unpaired) electrons. The molecule has 0 unspecified atom stereocenters. The first-order chi connectivity index (χ1) is 16.3. The highest BCUT2D eigenvalue weighted by atomic mass is 32.2. The number of thioether (sulfide) groups is 1. The van der Waals surface area contributed by atoms with Crippen LogP contribution in [0.25, 0.3) is 22.2 Å². The highest BCUT2D eigenvalue weighted by Gasteiger charge is 2.38. The van der Waals surface area contributed by atoms with E-state index in [0.29, 0.717) is 9.09 Å². The summed E-state index contributed by atoms with van der Waals surface area (Å²) >= 11 is 2.55. The lowest BCUT2D eigenvalue weighted by Gasteiger charge is -2.08. The van der Waals surface area contributed by atoms with Gasteiger partial charge in [0.15, 0.2) is 0 Å². The number of halogens is 3. The van der Waals surface area contributed by atoms with Gasteiger partial charge in [-0.25, -0.2) is 18.2 Å². The number of imidazole rings is 1. The maximum atomic E-state index is 13.3. The van der Waals surface area contributed by atoms with Crippen LogP contribution in [0.2, 0.25) is 0 Å². The first-order valence-electron chi connectivity index (χ1n) is 9.45. The van der Waals surface area contributed by atoms with E-state index in [9.17, 15) is 21.6 Å². The van der Waals surface area contributed by atoms with Gasteiger partial charge in [-0.3, -0.25) is 5.41 Å². The summed E-state index contributed by atoms with van der Waals surface area (Å²) in [5.74, 6) is -2.89. The molecule has 35 heavy (non-hydrogen) atoms. The fourth-order valence-electron chi connectivity index (χ4n) is 2.90. The maximum Gasteiger partial charge on any atom is 0.490 e. The smallest absolute Gasteiger partial charge is 0.475 e. The van der Waals surface area contributed by atoms with Crippen molar-refractivity contribution in [3.8, 4) is 11.1 Å². The third-order valence-corrected chi connectivity index (χ3v) is 8.89. The van der Waals surface area contributed by atoms with Gasteiger partial charge < -0.3 is 15.8 Å². The van der Waals surface area contributed by atoms with Gasteiger partial charge in [-0.15, -0.1) is 23.1 Å². The van der Waals surface area contributed by atoms with Gasteiger partial charge in [0, 0.05) is 0 Å². The summed E-state index contributed by atoms with van der Waals surface area (Å²) in [6.07, 6.45) is -1.65. The van der Waals surface area contributed by atoms with Crippen molar-refractivity contribution >= 4 is 55.8 Å². The Bertz CT molecular complexity index is 1510. The fourth-order valence-corrected chi connectivity index (χ4v) is 6.80. The van der Waals surface area contributed by atoms with E-state index in [-0.39, 0.29) is 15.6 Å². The van der Waals surface area contributed by atoms with Crippen molar-refractivity contribution < 1.29 is 31.5 Å². The van der Waals surface area contributed by atoms with Crippen molar-refractivity contribution in [3.05, 3.63) is 59.7 Å². The Morgan fingerprint density at radius 3 is 2.43 bits per heavy atom. The maximum absolute atomic E-state index is 13.3. The topological polar surface area (TPSA) is 150 Å². The van der Waals surface area contributed by atoms with E-state index in [1.54, 1.807) is 24.5 Å². The van der Waals surface area contributed by atoms with Gasteiger partial charge in [0.1, 0.15) is 5.84 Å². The predicted octanol–water partition coefficient (Wildman–Crippen LogP) is 4.76. The molecule has 184 valence electrons. The van der Waals surface area contributed by atoms with Crippen molar-refractivity contribution in [1.29, 1.82) is 5.41 Å². The molecule has 5 N–H and O–H groups in total. The number of nitrogen functional groups attached to an aromatic ring is 1. The second-order valence-electron chi connectivity index (χ2n) is 6.85. The third kappa shape index (κ3) is 5.83. The third-order valence-electron chi connectivity index (χ3n) is 4.55. The van der Waals surface area contributed by atoms with E-state index < -0.39 is 22.0 Å². The van der Waals surface area contributed by atoms with Gasteiger partial charge in [0.2, 0.25) is 9.84 Å². The molecule has 0 aliphatic rings. The van der Waals surface area contributed by atoms with Gasteiger partial charge in [-0.1, -0.05) is 18.2 Å². The van der Waals surface area contributed by atoms with Crippen molar-refractivity contribution in [2.75, 3.05) is 6.26 Å². The van der Waals surface area contributed by atoms with E-state index in [2.05, 4.69) is 9.97 Å². The fraction of sp³-hybridized carbons (Fsp3) is 0.0952. The number of H-pyrrole nitrogens is 1. The zero-order chi connectivity index (χ0) is 26.0. The van der Waals surface area contributed by atoms with Crippen LogP contribution in [0.1, 0.15) is 4.88 Å². The van der Waals surface area contributed by atoms with Crippen molar-refractivity contribution in [1.82, 2.24) is 9.97 Å². The number of carboxylic acids is 1. The SMILES string of the molecule is CSc1sc(C(=N)N)cc1S(=O)(=O)c1cccc(-c2ccc3[nH]cnc3c2)c1.O=C(O)C(F)(F)F. The van der Waals surface area contributed by atoms with Crippen LogP contribution in [-0.4, -0.2) is 47.7 Å². The van der Waals surface area contributed by atoms with E-state index in [4.69, 9.17) is 21.0 Å². The Morgan fingerprint density at radius 1 is 1.17 bits per heavy atom. The first-order valence-corrected chi connectivity index (χ1v) is 13.0. The number of nitrogens with two attached hydrogens (primary N) is 1. The number of nitrogens with one attached hydrogen (secondary N) is 2. The second-order valence-corrected chi connectivity index (χ2v) is 10.9. The van der Waals surface area contributed by atoms with E-state index in [1.807, 2.05) is 30.5 Å². The Hall–Kier alpha value is -3.36. The zero-order valence-corrected chi connectivity index (χ0v) is 20.2. The molecule has 4 aromatic rings. The number of benzene rings is 2. The van der Waals surface area contributed by atoms with Gasteiger partial charge in [0.25, 0.3) is 0 Å². The number of alkyl halides is 3. The highest BCUT2D eigenvalue weighted by Crippen LogP contribution is 2.37. The van der Waals surface area contributed by atoms with Crippen LogP contribution in [0, 0.1) is 5.41 Å². The Morgan fingerprint density at radius 2 is 1.83 bits per heavy atom. The molecule has 0 saturated heterocycles. The van der Waals surface area contributed by atoms with Crippen molar-refractivity contribution in [3.63, 3.8) is 0 Å². The minimum atomic E-state index is -5.08. The molecular weight excluding hydrogens is 525 g/mol. The van der Waals surface area contributed by atoms with Crippen LogP contribution in [-0.2, 0) is 14.6 Å². The number of thiophene rings is 1. The number of fused-ring (bicyclic) bond motifs is 1. The minimum Gasteiger partial charge on any atom is -0.475 e. The Labute approximate surface area is 205 Å². The molecule has 14 heteroatoms. The molecule has 2 heterocycles. The number of aromatic amines is 1. The zero-order valence-electron chi connectivity index (χ0n) is 17.8. The number of rotatable bonds is 5. The molecule has 0 spiro atoms. The van der Waals surface area contributed by atoms with Crippen LogP contribution < -0.4 is 5.73 Å². The van der Waals surface area contributed by atoms with Crippen molar-refractivity contribution in [2.45, 2.75) is 20.2 Å². The normalized spacial score (nSPS) is 11.7. The number of amidine groups is 1. The molecule has 4 rings (SSSR count). The number of hydrogen-bond acceptors (Lipinski definition) is 7. The summed E-state index contributed by atoms with van der Waals surface area (Å²) in [5, 5.41) is 14.7. The molecule has 2 aromatic heterocycles. The van der Waals surface area contributed by atoms with Gasteiger partial charge >= 0.3 is 12.1 Å². The molecule has 2 aromatic carbocycles. The standard InChI is InChI=1S/C19H16N4O2S3.C2HF3O2/c1-26-19-17(9-16(27-19)18(20)21)28(24,25)13-4-2-3-11(7-13)12-5-6-14-15(8-12)23-10-22-14;3-2(4,5)1(6)7/h2-10H,1H3,(H3,20,21)(H,22,23);(H,6,7). The first kappa shape index (κ1) is 26.2. The van der Waals surface area contributed by atoms with E-state index >= 15 is 0 Å². The van der Waals surface area contributed by atoms with Crippen LogP contribution in [0.5, 0.6) is 0 Å². The molecule has 0 aliphatic carbocycles. The molecule has 0 saturated carbocycles. The summed E-state index contributed by atoms with van der Waals surface area (Å²) in [5.41, 5.74) is 8.97. The highest BCUT2D eigenvalue weighted by molar-refractivity contribution is 8.01. The van der Waals surface area contributed by atoms with Crippen LogP contribution in [0.4, 0.5) is 13.2 Å². The largest absolute Gasteiger partial charge is 0.490 e. The predicted molar refractivity (Wildman–Crippen MR) is 128 cm³/mol. The molecule has 0 bridgehead atoms. The van der Waals surface area contributed by atoms with Gasteiger partial charge in [-0.2, -0.15) is 13.2 Å². The molecule has 0 amide bonds. The van der Waals surface area contributed by atoms with Gasteiger partial charge in [0.05, 0.1) is 36.2 Å². The van der Waals surface area contributed by atoms with Crippen molar-refractivity contribution in [2.24, 2.45) is 5.73 Å². The number of sulfone groups is 1. The molecule has 8 nitrogen and oxygen atoms in total. The van der Waals surface area contributed by atoms with E-state index in [1.165, 1.54) is 29.2 Å². The molecule has 0 atom stereocenters.